The van der Waals surface area contributed by atoms with Crippen LogP contribution in [0.1, 0.15) is 46.5 Å². The second-order valence-electron chi connectivity index (χ2n) is 6.00. The highest BCUT2D eigenvalue weighted by Crippen LogP contribution is 2.35. The van der Waals surface area contributed by atoms with Gasteiger partial charge in [-0.05, 0) is 30.6 Å². The molecule has 110 valence electrons. The third-order valence-electron chi connectivity index (χ3n) is 3.95. The topological polar surface area (TPSA) is 89.6 Å². The summed E-state index contributed by atoms with van der Waals surface area (Å²) in [6.45, 7) is 6.41. The van der Waals surface area contributed by atoms with Crippen molar-refractivity contribution < 1.29 is 19.4 Å². The number of carboxylic acids is 1. The SMILES string of the molecule is CC1CCC(C(C)C)C(OC(=O)C[C@H](N)C(=O)O)C1. The van der Waals surface area contributed by atoms with Gasteiger partial charge in [0.1, 0.15) is 12.1 Å². The molecule has 5 heteroatoms. The minimum atomic E-state index is -1.17. The zero-order valence-corrected chi connectivity index (χ0v) is 12.0. The van der Waals surface area contributed by atoms with Crippen molar-refractivity contribution in [2.75, 3.05) is 0 Å². The number of hydrogen-bond acceptors (Lipinski definition) is 4. The van der Waals surface area contributed by atoms with E-state index in [2.05, 4.69) is 20.8 Å². The fourth-order valence-corrected chi connectivity index (χ4v) is 2.73. The van der Waals surface area contributed by atoms with E-state index < -0.39 is 18.0 Å². The van der Waals surface area contributed by atoms with Gasteiger partial charge in [0.15, 0.2) is 0 Å². The molecule has 3 unspecified atom stereocenters. The Labute approximate surface area is 114 Å². The van der Waals surface area contributed by atoms with Gasteiger partial charge in [-0.3, -0.25) is 9.59 Å². The van der Waals surface area contributed by atoms with Gasteiger partial charge in [0.2, 0.25) is 0 Å². The van der Waals surface area contributed by atoms with Gasteiger partial charge in [0.25, 0.3) is 0 Å². The van der Waals surface area contributed by atoms with Crippen molar-refractivity contribution in [3.8, 4) is 0 Å². The smallest absolute Gasteiger partial charge is 0.321 e. The van der Waals surface area contributed by atoms with E-state index in [0.717, 1.165) is 19.3 Å². The Morgan fingerprint density at radius 1 is 1.37 bits per heavy atom. The minimum absolute atomic E-state index is 0.0998. The quantitative estimate of drug-likeness (QED) is 0.744. The van der Waals surface area contributed by atoms with Crippen molar-refractivity contribution in [2.45, 2.75) is 58.6 Å². The summed E-state index contributed by atoms with van der Waals surface area (Å²) in [5.74, 6) is -0.311. The first-order chi connectivity index (χ1) is 8.81. The van der Waals surface area contributed by atoms with Gasteiger partial charge in [0, 0.05) is 0 Å². The number of rotatable bonds is 5. The average Bonchev–Trinajstić information content (AvgIpc) is 2.27. The summed E-state index contributed by atoms with van der Waals surface area (Å²) in [5.41, 5.74) is 5.34. The average molecular weight is 271 g/mol. The minimum Gasteiger partial charge on any atom is -0.480 e. The van der Waals surface area contributed by atoms with E-state index in [-0.39, 0.29) is 12.5 Å². The van der Waals surface area contributed by atoms with Gasteiger partial charge < -0.3 is 15.6 Å². The van der Waals surface area contributed by atoms with Crippen LogP contribution in [-0.2, 0) is 14.3 Å². The van der Waals surface area contributed by atoms with Crippen molar-refractivity contribution in [1.82, 2.24) is 0 Å². The highest BCUT2D eigenvalue weighted by atomic mass is 16.5. The van der Waals surface area contributed by atoms with Crippen molar-refractivity contribution in [3.05, 3.63) is 0 Å². The largest absolute Gasteiger partial charge is 0.480 e. The molecule has 0 aromatic rings. The fourth-order valence-electron chi connectivity index (χ4n) is 2.73. The molecular weight excluding hydrogens is 246 g/mol. The first kappa shape index (κ1) is 16.0. The molecule has 0 heterocycles. The summed E-state index contributed by atoms with van der Waals surface area (Å²) in [6.07, 6.45) is 2.71. The Kier molecular flexibility index (Phi) is 5.79. The molecule has 0 aliphatic heterocycles. The Hall–Kier alpha value is -1.10. The van der Waals surface area contributed by atoms with Crippen LogP contribution in [0, 0.1) is 17.8 Å². The van der Waals surface area contributed by atoms with Gasteiger partial charge in [-0.2, -0.15) is 0 Å². The third kappa shape index (κ3) is 4.82. The summed E-state index contributed by atoms with van der Waals surface area (Å²) in [6, 6.07) is -1.17. The first-order valence-corrected chi connectivity index (χ1v) is 6.99. The molecule has 1 aliphatic rings. The second-order valence-corrected chi connectivity index (χ2v) is 6.00. The monoisotopic (exact) mass is 271 g/mol. The Morgan fingerprint density at radius 3 is 2.53 bits per heavy atom. The molecule has 1 fully saturated rings. The lowest BCUT2D eigenvalue weighted by Gasteiger charge is -2.36. The van der Waals surface area contributed by atoms with E-state index in [1.807, 2.05) is 0 Å². The van der Waals surface area contributed by atoms with Crippen molar-refractivity contribution in [2.24, 2.45) is 23.5 Å². The third-order valence-corrected chi connectivity index (χ3v) is 3.95. The van der Waals surface area contributed by atoms with Crippen molar-refractivity contribution >= 4 is 11.9 Å². The number of carbonyl (C=O) groups excluding carboxylic acids is 1. The van der Waals surface area contributed by atoms with Crippen LogP contribution in [-0.4, -0.2) is 29.2 Å². The molecule has 1 saturated carbocycles. The molecule has 4 atom stereocenters. The van der Waals surface area contributed by atoms with E-state index in [1.54, 1.807) is 0 Å². The van der Waals surface area contributed by atoms with E-state index >= 15 is 0 Å². The number of ether oxygens (including phenoxy) is 1. The lowest BCUT2D eigenvalue weighted by molar-refractivity contribution is -0.158. The summed E-state index contributed by atoms with van der Waals surface area (Å²) in [7, 11) is 0. The molecule has 0 radical (unpaired) electrons. The molecule has 0 aromatic carbocycles. The van der Waals surface area contributed by atoms with E-state index in [4.69, 9.17) is 15.6 Å². The van der Waals surface area contributed by atoms with E-state index in [9.17, 15) is 9.59 Å². The molecule has 0 spiro atoms. The summed E-state index contributed by atoms with van der Waals surface area (Å²) >= 11 is 0. The maximum absolute atomic E-state index is 11.7. The number of carboxylic acid groups (broad SMARTS) is 1. The first-order valence-electron chi connectivity index (χ1n) is 6.99. The lowest BCUT2D eigenvalue weighted by Crippen LogP contribution is -2.38. The number of esters is 1. The molecule has 0 amide bonds. The van der Waals surface area contributed by atoms with Crippen LogP contribution in [0.15, 0.2) is 0 Å². The van der Waals surface area contributed by atoms with Crippen LogP contribution in [0.5, 0.6) is 0 Å². The number of nitrogens with two attached hydrogens (primary N) is 1. The van der Waals surface area contributed by atoms with Gasteiger partial charge in [-0.25, -0.2) is 0 Å². The van der Waals surface area contributed by atoms with Crippen molar-refractivity contribution in [3.63, 3.8) is 0 Å². The normalized spacial score (nSPS) is 29.0. The Balaban J connectivity index is 2.56. The second kappa shape index (κ2) is 6.89. The van der Waals surface area contributed by atoms with Crippen LogP contribution in [0.4, 0.5) is 0 Å². The molecule has 3 N–H and O–H groups in total. The zero-order chi connectivity index (χ0) is 14.6. The Bertz CT molecular complexity index is 329. The van der Waals surface area contributed by atoms with Gasteiger partial charge in [0.05, 0.1) is 6.42 Å². The molecule has 0 bridgehead atoms. The van der Waals surface area contributed by atoms with Crippen LogP contribution in [0.2, 0.25) is 0 Å². The fraction of sp³-hybridized carbons (Fsp3) is 0.857. The standard InChI is InChI=1S/C14H25NO4/c1-8(2)10-5-4-9(3)6-12(10)19-13(16)7-11(15)14(17)18/h8-12H,4-7,15H2,1-3H3,(H,17,18)/t9?,10?,11-,12?/m0/s1. The predicted octanol–water partition coefficient (Wildman–Crippen LogP) is 1.79. The zero-order valence-electron chi connectivity index (χ0n) is 12.0. The van der Waals surface area contributed by atoms with Crippen molar-refractivity contribution in [1.29, 1.82) is 0 Å². The van der Waals surface area contributed by atoms with Crippen LogP contribution in [0.3, 0.4) is 0 Å². The van der Waals surface area contributed by atoms with Crippen LogP contribution >= 0.6 is 0 Å². The molecule has 1 aliphatic carbocycles. The maximum Gasteiger partial charge on any atom is 0.321 e. The number of hydrogen-bond donors (Lipinski definition) is 2. The van der Waals surface area contributed by atoms with Gasteiger partial charge in [-0.15, -0.1) is 0 Å². The van der Waals surface area contributed by atoms with E-state index in [0.29, 0.717) is 17.8 Å². The molecule has 5 nitrogen and oxygen atoms in total. The molecule has 0 aromatic heterocycles. The van der Waals surface area contributed by atoms with Gasteiger partial charge in [-0.1, -0.05) is 27.2 Å². The molecule has 19 heavy (non-hydrogen) atoms. The van der Waals surface area contributed by atoms with Gasteiger partial charge >= 0.3 is 11.9 Å². The highest BCUT2D eigenvalue weighted by molar-refractivity contribution is 5.81. The molecule has 1 rings (SSSR count). The maximum atomic E-state index is 11.7. The molecular formula is C14H25NO4. The molecule has 0 saturated heterocycles. The summed E-state index contributed by atoms with van der Waals surface area (Å²) in [4.78, 5) is 22.4. The highest BCUT2D eigenvalue weighted by Gasteiger charge is 2.33. The summed E-state index contributed by atoms with van der Waals surface area (Å²) < 4.78 is 5.47. The summed E-state index contributed by atoms with van der Waals surface area (Å²) in [5, 5.41) is 8.69. The Morgan fingerprint density at radius 2 is 2.00 bits per heavy atom. The lowest BCUT2D eigenvalue weighted by atomic mass is 9.75. The van der Waals surface area contributed by atoms with Crippen LogP contribution in [0.25, 0.3) is 0 Å². The van der Waals surface area contributed by atoms with Crippen LogP contribution < -0.4 is 5.73 Å². The number of aliphatic carboxylic acids is 1. The number of carbonyl (C=O) groups is 2. The predicted molar refractivity (Wildman–Crippen MR) is 71.5 cm³/mol. The van der Waals surface area contributed by atoms with E-state index in [1.165, 1.54) is 0 Å².